The Labute approximate surface area is 130 Å². The van der Waals surface area contributed by atoms with Crippen LogP contribution < -0.4 is 15.6 Å². The zero-order valence-electron chi connectivity index (χ0n) is 11.8. The summed E-state index contributed by atoms with van der Waals surface area (Å²) in [5, 5.41) is 4.47. The maximum Gasteiger partial charge on any atom is 0.271 e. The molecule has 0 aliphatic rings. The topological polar surface area (TPSA) is 72.7 Å². The number of aromatic nitrogens is 2. The van der Waals surface area contributed by atoms with Crippen molar-refractivity contribution in [2.45, 2.75) is 6.54 Å². The van der Waals surface area contributed by atoms with E-state index in [0.29, 0.717) is 11.5 Å². The van der Waals surface area contributed by atoms with E-state index >= 15 is 0 Å². The molecule has 0 atom stereocenters. The van der Waals surface area contributed by atoms with Crippen molar-refractivity contribution in [1.82, 2.24) is 14.7 Å². The number of benzene rings is 1. The number of carbonyl (C=O) groups is 1. The molecule has 0 fully saturated rings. The minimum absolute atomic E-state index is 0.0319. The number of rotatable bonds is 4. The molecule has 22 heavy (non-hydrogen) atoms. The van der Waals surface area contributed by atoms with Crippen LogP contribution in [0.3, 0.4) is 0 Å². The van der Waals surface area contributed by atoms with Crippen molar-refractivity contribution in [3.8, 4) is 5.75 Å². The minimum Gasteiger partial charge on any atom is -0.497 e. The molecule has 1 amide bonds. The third-order valence-electron chi connectivity index (χ3n) is 3.20. The molecular formula is C15H13N3O3S. The van der Waals surface area contributed by atoms with Crippen LogP contribution in [0, 0.1) is 0 Å². The minimum atomic E-state index is -0.436. The van der Waals surface area contributed by atoms with Gasteiger partial charge in [0.15, 0.2) is 4.96 Å². The highest BCUT2D eigenvalue weighted by molar-refractivity contribution is 7.15. The lowest BCUT2D eigenvalue weighted by molar-refractivity contribution is 0.0949. The molecule has 3 aromatic rings. The summed E-state index contributed by atoms with van der Waals surface area (Å²) in [6.45, 7) is 0.328. The van der Waals surface area contributed by atoms with Gasteiger partial charge in [-0.05, 0) is 17.7 Å². The van der Waals surface area contributed by atoms with Gasteiger partial charge in [0.2, 0.25) is 0 Å². The smallest absolute Gasteiger partial charge is 0.271 e. The molecule has 6 nitrogen and oxygen atoms in total. The van der Waals surface area contributed by atoms with Crippen LogP contribution in [0.2, 0.25) is 0 Å². The lowest BCUT2D eigenvalue weighted by Crippen LogP contribution is -2.30. The molecule has 0 bridgehead atoms. The maximum absolute atomic E-state index is 12.2. The molecular weight excluding hydrogens is 302 g/mol. The number of amides is 1. The average molecular weight is 315 g/mol. The van der Waals surface area contributed by atoms with Crippen LogP contribution in [0.4, 0.5) is 0 Å². The Morgan fingerprint density at radius 1 is 1.36 bits per heavy atom. The summed E-state index contributed by atoms with van der Waals surface area (Å²) in [7, 11) is 1.60. The summed E-state index contributed by atoms with van der Waals surface area (Å²) in [5.74, 6) is 0.314. The molecule has 2 heterocycles. The monoisotopic (exact) mass is 315 g/mol. The predicted molar refractivity (Wildman–Crippen MR) is 83.5 cm³/mol. The van der Waals surface area contributed by atoms with Gasteiger partial charge in [0.1, 0.15) is 11.3 Å². The molecule has 0 spiro atoms. The number of nitrogens with zero attached hydrogens (tertiary/aromatic N) is 2. The van der Waals surface area contributed by atoms with Gasteiger partial charge in [0.05, 0.1) is 7.11 Å². The number of carbonyl (C=O) groups excluding carboxylic acids is 1. The SMILES string of the molecule is COc1ccc(CNC(=O)c2cnc3sccn3c2=O)cc1. The van der Waals surface area contributed by atoms with E-state index in [-0.39, 0.29) is 11.1 Å². The number of hydrogen-bond donors (Lipinski definition) is 1. The second-order valence-electron chi connectivity index (χ2n) is 4.56. The maximum atomic E-state index is 12.2. The third-order valence-corrected chi connectivity index (χ3v) is 3.97. The van der Waals surface area contributed by atoms with Gasteiger partial charge in [0.25, 0.3) is 11.5 Å². The van der Waals surface area contributed by atoms with Gasteiger partial charge >= 0.3 is 0 Å². The molecule has 1 N–H and O–H groups in total. The zero-order valence-corrected chi connectivity index (χ0v) is 12.6. The van der Waals surface area contributed by atoms with Gasteiger partial charge in [0, 0.05) is 24.3 Å². The molecule has 7 heteroatoms. The molecule has 1 aromatic carbocycles. The van der Waals surface area contributed by atoms with E-state index in [1.807, 2.05) is 24.3 Å². The molecule has 0 saturated carbocycles. The fourth-order valence-electron chi connectivity index (χ4n) is 2.00. The quantitative estimate of drug-likeness (QED) is 0.795. The first kappa shape index (κ1) is 14.3. The van der Waals surface area contributed by atoms with Crippen molar-refractivity contribution >= 4 is 22.2 Å². The van der Waals surface area contributed by atoms with E-state index in [2.05, 4.69) is 10.3 Å². The van der Waals surface area contributed by atoms with Crippen molar-refractivity contribution in [3.63, 3.8) is 0 Å². The molecule has 2 aromatic heterocycles. The highest BCUT2D eigenvalue weighted by Crippen LogP contribution is 2.11. The number of nitrogens with one attached hydrogen (secondary N) is 1. The number of hydrogen-bond acceptors (Lipinski definition) is 5. The summed E-state index contributed by atoms with van der Waals surface area (Å²) >= 11 is 1.34. The van der Waals surface area contributed by atoms with Gasteiger partial charge in [-0.3, -0.25) is 14.0 Å². The van der Waals surface area contributed by atoms with Crippen molar-refractivity contribution in [3.05, 3.63) is 63.5 Å². The van der Waals surface area contributed by atoms with Crippen molar-refractivity contribution in [2.24, 2.45) is 0 Å². The van der Waals surface area contributed by atoms with E-state index < -0.39 is 5.91 Å². The van der Waals surface area contributed by atoms with Crippen LogP contribution in [-0.2, 0) is 6.54 Å². The van der Waals surface area contributed by atoms with E-state index in [1.54, 1.807) is 18.7 Å². The van der Waals surface area contributed by atoms with E-state index in [4.69, 9.17) is 4.74 Å². The molecule has 0 aliphatic carbocycles. The summed E-state index contributed by atoms with van der Waals surface area (Å²) < 4.78 is 6.44. The number of fused-ring (bicyclic) bond motifs is 1. The third kappa shape index (κ3) is 2.71. The van der Waals surface area contributed by atoms with Gasteiger partial charge in [-0.25, -0.2) is 4.98 Å². The average Bonchev–Trinajstić information content (AvgIpc) is 3.03. The Morgan fingerprint density at radius 3 is 2.86 bits per heavy atom. The van der Waals surface area contributed by atoms with Crippen LogP contribution in [0.5, 0.6) is 5.75 Å². The lowest BCUT2D eigenvalue weighted by atomic mass is 10.2. The molecule has 0 saturated heterocycles. The Balaban J connectivity index is 1.75. The Kier molecular flexibility index (Phi) is 3.88. The molecule has 112 valence electrons. The van der Waals surface area contributed by atoms with Gasteiger partial charge in [-0.15, -0.1) is 11.3 Å². The van der Waals surface area contributed by atoms with E-state index in [1.165, 1.54) is 21.9 Å². The predicted octanol–water partition coefficient (Wildman–Crippen LogP) is 1.69. The molecule has 0 radical (unpaired) electrons. The molecule has 0 aliphatic heterocycles. The largest absolute Gasteiger partial charge is 0.497 e. The Morgan fingerprint density at radius 2 is 2.14 bits per heavy atom. The van der Waals surface area contributed by atoms with E-state index in [0.717, 1.165) is 11.3 Å². The second-order valence-corrected chi connectivity index (χ2v) is 5.44. The highest BCUT2D eigenvalue weighted by Gasteiger charge is 2.13. The zero-order chi connectivity index (χ0) is 15.5. The Hall–Kier alpha value is -2.67. The van der Waals surface area contributed by atoms with Crippen molar-refractivity contribution in [1.29, 1.82) is 0 Å². The van der Waals surface area contributed by atoms with Crippen molar-refractivity contribution < 1.29 is 9.53 Å². The number of ether oxygens (including phenoxy) is 1. The van der Waals surface area contributed by atoms with Crippen LogP contribution in [-0.4, -0.2) is 22.4 Å². The van der Waals surface area contributed by atoms with Crippen molar-refractivity contribution in [2.75, 3.05) is 7.11 Å². The van der Waals surface area contributed by atoms with E-state index in [9.17, 15) is 9.59 Å². The fraction of sp³-hybridized carbons (Fsp3) is 0.133. The van der Waals surface area contributed by atoms with Crippen LogP contribution >= 0.6 is 11.3 Å². The van der Waals surface area contributed by atoms with Crippen LogP contribution in [0.25, 0.3) is 4.96 Å². The van der Waals surface area contributed by atoms with Gasteiger partial charge in [-0.1, -0.05) is 12.1 Å². The number of thiazole rings is 1. The first-order chi connectivity index (χ1) is 10.7. The van der Waals surface area contributed by atoms with Gasteiger partial charge in [-0.2, -0.15) is 0 Å². The fourth-order valence-corrected chi connectivity index (χ4v) is 2.68. The summed E-state index contributed by atoms with van der Waals surface area (Å²) in [5.41, 5.74) is 0.585. The van der Waals surface area contributed by atoms with Crippen LogP contribution in [0.15, 0.2) is 46.8 Å². The second kappa shape index (κ2) is 5.98. The lowest BCUT2D eigenvalue weighted by Gasteiger charge is -2.06. The molecule has 3 rings (SSSR count). The Bertz CT molecular complexity index is 868. The summed E-state index contributed by atoms with van der Waals surface area (Å²) in [6, 6.07) is 7.34. The van der Waals surface area contributed by atoms with Gasteiger partial charge < -0.3 is 10.1 Å². The molecule has 0 unspecified atom stereocenters. The highest BCUT2D eigenvalue weighted by atomic mass is 32.1. The summed E-state index contributed by atoms with van der Waals surface area (Å²) in [4.78, 5) is 29.0. The first-order valence-corrected chi connectivity index (χ1v) is 7.43. The number of methoxy groups -OCH3 is 1. The van der Waals surface area contributed by atoms with Crippen LogP contribution in [0.1, 0.15) is 15.9 Å². The standard InChI is InChI=1S/C15H13N3O3S/c1-21-11-4-2-10(3-5-11)8-16-13(19)12-9-17-15-18(14(12)20)6-7-22-15/h2-7,9H,8H2,1H3,(H,16,19). The first-order valence-electron chi connectivity index (χ1n) is 6.55. The normalized spacial score (nSPS) is 10.6. The summed E-state index contributed by atoms with van der Waals surface area (Å²) in [6.07, 6.45) is 2.92.